The Morgan fingerprint density at radius 1 is 1.09 bits per heavy atom. The van der Waals surface area contributed by atoms with Gasteiger partial charge in [0.15, 0.2) is 6.61 Å². The first kappa shape index (κ1) is 15.4. The fourth-order valence-electron chi connectivity index (χ4n) is 1.60. The molecule has 0 aliphatic rings. The summed E-state index contributed by atoms with van der Waals surface area (Å²) in [6.07, 6.45) is 0. The molecule has 0 bridgehead atoms. The Balaban J connectivity index is 1.76. The van der Waals surface area contributed by atoms with E-state index in [4.69, 9.17) is 4.74 Å². The molecule has 0 heterocycles. The Hall–Kier alpha value is -3.02. The second-order valence-corrected chi connectivity index (χ2v) is 4.44. The predicted molar refractivity (Wildman–Crippen MR) is 80.3 cm³/mol. The zero-order valence-corrected chi connectivity index (χ0v) is 11.7. The largest absolute Gasteiger partial charge is 0.508 e. The fourth-order valence-corrected chi connectivity index (χ4v) is 1.60. The molecule has 2 aromatic carbocycles. The van der Waals surface area contributed by atoms with Crippen LogP contribution in [0.3, 0.4) is 0 Å². The van der Waals surface area contributed by atoms with Crippen molar-refractivity contribution in [1.82, 2.24) is 10.9 Å². The molecule has 0 aliphatic carbocycles. The van der Waals surface area contributed by atoms with E-state index in [2.05, 4.69) is 17.4 Å². The highest BCUT2D eigenvalue weighted by Gasteiger charge is 2.04. The van der Waals surface area contributed by atoms with Crippen molar-refractivity contribution in [2.75, 3.05) is 6.61 Å². The van der Waals surface area contributed by atoms with Crippen molar-refractivity contribution in [3.8, 4) is 11.5 Å². The Morgan fingerprint density at radius 3 is 2.36 bits per heavy atom. The van der Waals surface area contributed by atoms with E-state index in [1.165, 1.54) is 36.4 Å². The number of phenolic OH excluding ortho intramolecular Hbond substituents is 1. The van der Waals surface area contributed by atoms with Gasteiger partial charge in [0, 0.05) is 0 Å². The van der Waals surface area contributed by atoms with Crippen molar-refractivity contribution in [2.45, 2.75) is 0 Å². The first-order chi connectivity index (χ1) is 10.5. The number of hydrogen-bond acceptors (Lipinski definition) is 4. The van der Waals surface area contributed by atoms with Gasteiger partial charge < -0.3 is 9.84 Å². The maximum absolute atomic E-state index is 12.7. The van der Waals surface area contributed by atoms with Crippen molar-refractivity contribution >= 4 is 11.6 Å². The molecule has 22 heavy (non-hydrogen) atoms. The molecular weight excluding hydrogens is 287 g/mol. The van der Waals surface area contributed by atoms with Gasteiger partial charge in [0.05, 0.1) is 5.70 Å². The Morgan fingerprint density at radius 2 is 1.73 bits per heavy atom. The molecule has 3 N–H and O–H groups in total. The summed E-state index contributed by atoms with van der Waals surface area (Å²) in [5, 5.41) is 9.19. The topological polar surface area (TPSA) is 70.6 Å². The van der Waals surface area contributed by atoms with Crippen LogP contribution in [-0.2, 0) is 4.79 Å². The SMILES string of the molecule is C=C(NNC(=O)COc1ccc(F)cc1)c1ccc(O)cc1. The van der Waals surface area contributed by atoms with Crippen LogP contribution in [0.1, 0.15) is 5.56 Å². The summed E-state index contributed by atoms with van der Waals surface area (Å²) in [6.45, 7) is 3.54. The summed E-state index contributed by atoms with van der Waals surface area (Å²) < 4.78 is 17.9. The summed E-state index contributed by atoms with van der Waals surface area (Å²) in [7, 11) is 0. The monoisotopic (exact) mass is 302 g/mol. The predicted octanol–water partition coefficient (Wildman–Crippen LogP) is 2.20. The van der Waals surface area contributed by atoms with Crippen molar-refractivity contribution in [3.05, 3.63) is 66.5 Å². The normalized spacial score (nSPS) is 9.86. The Labute approximate surface area is 127 Å². The third-order valence-electron chi connectivity index (χ3n) is 2.75. The number of carbonyl (C=O) groups excluding carboxylic acids is 1. The molecular formula is C16H15FN2O3. The highest BCUT2D eigenvalue weighted by molar-refractivity contribution is 5.78. The molecule has 1 amide bonds. The third kappa shape index (κ3) is 4.52. The van der Waals surface area contributed by atoms with Gasteiger partial charge >= 0.3 is 0 Å². The van der Waals surface area contributed by atoms with Crippen LogP contribution in [0.4, 0.5) is 4.39 Å². The van der Waals surface area contributed by atoms with Gasteiger partial charge in [-0.05, 0) is 54.1 Å². The molecule has 2 rings (SSSR count). The first-order valence-electron chi connectivity index (χ1n) is 6.46. The van der Waals surface area contributed by atoms with Gasteiger partial charge in [-0.25, -0.2) is 4.39 Å². The minimum Gasteiger partial charge on any atom is -0.508 e. The Kier molecular flexibility index (Phi) is 4.98. The van der Waals surface area contributed by atoms with Gasteiger partial charge in [-0.3, -0.25) is 15.6 Å². The highest BCUT2D eigenvalue weighted by Crippen LogP contribution is 2.14. The number of hydrogen-bond donors (Lipinski definition) is 3. The van der Waals surface area contributed by atoms with E-state index in [-0.39, 0.29) is 18.2 Å². The zero-order valence-electron chi connectivity index (χ0n) is 11.7. The maximum atomic E-state index is 12.7. The van der Waals surface area contributed by atoms with Gasteiger partial charge in [0.2, 0.25) is 0 Å². The second-order valence-electron chi connectivity index (χ2n) is 4.44. The third-order valence-corrected chi connectivity index (χ3v) is 2.75. The van der Waals surface area contributed by atoms with Crippen molar-refractivity contribution in [2.24, 2.45) is 0 Å². The standard InChI is InChI=1S/C16H15FN2O3/c1-11(12-2-6-14(20)7-3-12)18-19-16(21)10-22-15-8-4-13(17)5-9-15/h2-9,18,20H,1,10H2,(H,19,21). The van der Waals surface area contributed by atoms with E-state index >= 15 is 0 Å². The number of benzene rings is 2. The minimum absolute atomic E-state index is 0.147. The van der Waals surface area contributed by atoms with Crippen LogP contribution in [0.25, 0.3) is 5.70 Å². The summed E-state index contributed by atoms with van der Waals surface area (Å²) in [5.41, 5.74) is 6.26. The molecule has 0 aliphatic heterocycles. The summed E-state index contributed by atoms with van der Waals surface area (Å²) in [4.78, 5) is 11.6. The van der Waals surface area contributed by atoms with Crippen LogP contribution in [0.15, 0.2) is 55.1 Å². The molecule has 0 aromatic heterocycles. The second kappa shape index (κ2) is 7.12. The average Bonchev–Trinajstić information content (AvgIpc) is 2.52. The number of rotatable bonds is 6. The van der Waals surface area contributed by atoms with Crippen LogP contribution in [-0.4, -0.2) is 17.6 Å². The fraction of sp³-hybridized carbons (Fsp3) is 0.0625. The van der Waals surface area contributed by atoms with Crippen LogP contribution < -0.4 is 15.6 Å². The molecule has 0 unspecified atom stereocenters. The maximum Gasteiger partial charge on any atom is 0.276 e. The molecule has 5 nitrogen and oxygen atoms in total. The van der Waals surface area contributed by atoms with Gasteiger partial charge in [0.25, 0.3) is 5.91 Å². The lowest BCUT2D eigenvalue weighted by molar-refractivity contribution is -0.123. The summed E-state index contributed by atoms with van der Waals surface area (Å²) in [5.74, 6) is -0.241. The molecule has 0 spiro atoms. The average molecular weight is 302 g/mol. The van der Waals surface area contributed by atoms with Gasteiger partial charge in [-0.1, -0.05) is 6.58 Å². The van der Waals surface area contributed by atoms with Crippen LogP contribution in [0.2, 0.25) is 0 Å². The summed E-state index contributed by atoms with van der Waals surface area (Å²) in [6, 6.07) is 11.7. The molecule has 114 valence electrons. The van der Waals surface area contributed by atoms with Gasteiger partial charge in [-0.15, -0.1) is 0 Å². The van der Waals surface area contributed by atoms with Crippen LogP contribution in [0.5, 0.6) is 11.5 Å². The molecule has 0 fully saturated rings. The lowest BCUT2D eigenvalue weighted by atomic mass is 10.2. The zero-order chi connectivity index (χ0) is 15.9. The van der Waals surface area contributed by atoms with Gasteiger partial charge in [0.1, 0.15) is 17.3 Å². The van der Waals surface area contributed by atoms with Crippen molar-refractivity contribution in [1.29, 1.82) is 0 Å². The van der Waals surface area contributed by atoms with Crippen molar-refractivity contribution < 1.29 is 19.0 Å². The van der Waals surface area contributed by atoms with E-state index in [9.17, 15) is 14.3 Å². The van der Waals surface area contributed by atoms with E-state index < -0.39 is 5.91 Å². The number of phenols is 1. The highest BCUT2D eigenvalue weighted by atomic mass is 19.1. The van der Waals surface area contributed by atoms with E-state index in [0.29, 0.717) is 11.4 Å². The van der Waals surface area contributed by atoms with E-state index in [1.54, 1.807) is 12.1 Å². The van der Waals surface area contributed by atoms with Crippen molar-refractivity contribution in [3.63, 3.8) is 0 Å². The number of amides is 1. The first-order valence-corrected chi connectivity index (χ1v) is 6.46. The quantitative estimate of drug-likeness (QED) is 0.716. The smallest absolute Gasteiger partial charge is 0.276 e. The number of halogens is 1. The van der Waals surface area contributed by atoms with E-state index in [1.807, 2.05) is 0 Å². The molecule has 0 radical (unpaired) electrons. The number of carbonyl (C=O) groups is 1. The number of hydrazine groups is 1. The molecule has 0 atom stereocenters. The number of aromatic hydroxyl groups is 1. The molecule has 2 aromatic rings. The van der Waals surface area contributed by atoms with E-state index in [0.717, 1.165) is 5.56 Å². The number of nitrogens with one attached hydrogen (secondary N) is 2. The molecule has 0 saturated heterocycles. The lowest BCUT2D eigenvalue weighted by Crippen LogP contribution is -2.38. The molecule has 6 heteroatoms. The van der Waals surface area contributed by atoms with Crippen LogP contribution >= 0.6 is 0 Å². The summed E-state index contributed by atoms with van der Waals surface area (Å²) >= 11 is 0. The Bertz CT molecular complexity index is 654. The van der Waals surface area contributed by atoms with Crippen LogP contribution in [0, 0.1) is 5.82 Å². The minimum atomic E-state index is -0.413. The van der Waals surface area contributed by atoms with Gasteiger partial charge in [-0.2, -0.15) is 0 Å². The number of ether oxygens (including phenoxy) is 1. The molecule has 0 saturated carbocycles. The lowest BCUT2D eigenvalue weighted by Gasteiger charge is -2.12.